The zero-order valence-electron chi connectivity index (χ0n) is 8.82. The van der Waals surface area contributed by atoms with Crippen LogP contribution in [-0.4, -0.2) is 20.9 Å². The van der Waals surface area contributed by atoms with E-state index in [2.05, 4.69) is 5.10 Å². The molecule has 0 aliphatic carbocycles. The molecule has 1 aromatic heterocycles. The van der Waals surface area contributed by atoms with Crippen LogP contribution in [0.15, 0.2) is 12.3 Å². The zero-order chi connectivity index (χ0) is 10.8. The van der Waals surface area contributed by atoms with Crippen LogP contribution < -0.4 is 0 Å². The molecule has 1 unspecified atom stereocenters. The number of carboxylic acid groups (broad SMARTS) is 1. The van der Waals surface area contributed by atoms with E-state index in [1.165, 1.54) is 0 Å². The zero-order valence-corrected chi connectivity index (χ0v) is 8.82. The first kappa shape index (κ1) is 10.8. The van der Waals surface area contributed by atoms with Crippen LogP contribution in [-0.2, 0) is 18.3 Å². The topological polar surface area (TPSA) is 55.1 Å². The average Bonchev–Trinajstić information content (AvgIpc) is 2.50. The summed E-state index contributed by atoms with van der Waals surface area (Å²) in [5.41, 5.74) is 0.133. The Kier molecular flexibility index (Phi) is 2.93. The second kappa shape index (κ2) is 3.82. The molecule has 0 radical (unpaired) electrons. The smallest absolute Gasteiger partial charge is 0.309 e. The summed E-state index contributed by atoms with van der Waals surface area (Å²) in [5, 5.41) is 13.2. The molecule has 0 aromatic carbocycles. The Labute approximate surface area is 83.5 Å². The van der Waals surface area contributed by atoms with Crippen LogP contribution in [0.2, 0.25) is 0 Å². The van der Waals surface area contributed by atoms with Crippen molar-refractivity contribution in [2.45, 2.75) is 26.7 Å². The summed E-state index contributed by atoms with van der Waals surface area (Å²) in [6.45, 7) is 3.64. The summed E-state index contributed by atoms with van der Waals surface area (Å²) in [7, 11) is 1.83. The van der Waals surface area contributed by atoms with Gasteiger partial charge in [-0.05, 0) is 19.4 Å². The van der Waals surface area contributed by atoms with E-state index in [1.807, 2.05) is 26.2 Å². The van der Waals surface area contributed by atoms with Gasteiger partial charge in [-0.2, -0.15) is 5.10 Å². The molecular formula is C10H16N2O2. The summed E-state index contributed by atoms with van der Waals surface area (Å²) in [6.07, 6.45) is 2.92. The third-order valence-corrected chi connectivity index (χ3v) is 2.64. The Morgan fingerprint density at radius 1 is 1.71 bits per heavy atom. The minimum atomic E-state index is -0.759. The SMILES string of the molecule is CCC(C)(Cc1ccn(C)n1)C(=O)O. The van der Waals surface area contributed by atoms with Crippen molar-refractivity contribution in [2.75, 3.05) is 0 Å². The van der Waals surface area contributed by atoms with Gasteiger partial charge in [0, 0.05) is 19.7 Å². The number of aliphatic carboxylic acids is 1. The number of carboxylic acids is 1. The highest BCUT2D eigenvalue weighted by atomic mass is 16.4. The molecule has 4 heteroatoms. The molecular weight excluding hydrogens is 180 g/mol. The Bertz CT molecular complexity index is 333. The Hall–Kier alpha value is -1.32. The van der Waals surface area contributed by atoms with Gasteiger partial charge < -0.3 is 5.11 Å². The maximum Gasteiger partial charge on any atom is 0.309 e. The van der Waals surface area contributed by atoms with Crippen molar-refractivity contribution in [3.8, 4) is 0 Å². The second-order valence-electron chi connectivity index (χ2n) is 3.88. The van der Waals surface area contributed by atoms with Crippen molar-refractivity contribution in [1.82, 2.24) is 9.78 Å². The first-order valence-electron chi connectivity index (χ1n) is 4.70. The van der Waals surface area contributed by atoms with Crippen LogP contribution in [0.25, 0.3) is 0 Å². The lowest BCUT2D eigenvalue weighted by Crippen LogP contribution is -2.29. The van der Waals surface area contributed by atoms with Crippen molar-refractivity contribution in [2.24, 2.45) is 12.5 Å². The standard InChI is InChI=1S/C10H16N2O2/c1-4-10(2,9(13)14)7-8-5-6-12(3)11-8/h5-6H,4,7H2,1-3H3,(H,13,14). The fourth-order valence-corrected chi connectivity index (χ4v) is 1.31. The molecule has 0 spiro atoms. The number of hydrogen-bond acceptors (Lipinski definition) is 2. The highest BCUT2D eigenvalue weighted by Gasteiger charge is 2.31. The van der Waals surface area contributed by atoms with E-state index in [-0.39, 0.29) is 0 Å². The summed E-state index contributed by atoms with van der Waals surface area (Å²) < 4.78 is 1.69. The van der Waals surface area contributed by atoms with E-state index in [9.17, 15) is 4.79 Å². The molecule has 1 rings (SSSR count). The van der Waals surface area contributed by atoms with Gasteiger partial charge in [0.05, 0.1) is 11.1 Å². The summed E-state index contributed by atoms with van der Waals surface area (Å²) in [4.78, 5) is 11.0. The van der Waals surface area contributed by atoms with Gasteiger partial charge in [-0.3, -0.25) is 9.48 Å². The van der Waals surface area contributed by atoms with Crippen LogP contribution in [0.4, 0.5) is 0 Å². The van der Waals surface area contributed by atoms with E-state index >= 15 is 0 Å². The third-order valence-electron chi connectivity index (χ3n) is 2.64. The Morgan fingerprint density at radius 2 is 2.36 bits per heavy atom. The molecule has 1 atom stereocenters. The quantitative estimate of drug-likeness (QED) is 0.793. The van der Waals surface area contributed by atoms with E-state index in [1.54, 1.807) is 11.6 Å². The second-order valence-corrected chi connectivity index (χ2v) is 3.88. The molecule has 0 bridgehead atoms. The van der Waals surface area contributed by atoms with Gasteiger partial charge in [-0.1, -0.05) is 6.92 Å². The first-order chi connectivity index (χ1) is 6.48. The summed E-state index contributed by atoms with van der Waals surface area (Å²) in [5.74, 6) is -0.759. The lowest BCUT2D eigenvalue weighted by molar-refractivity contribution is -0.148. The minimum Gasteiger partial charge on any atom is -0.481 e. The van der Waals surface area contributed by atoms with Crippen LogP contribution in [0, 0.1) is 5.41 Å². The van der Waals surface area contributed by atoms with Gasteiger partial charge in [0.15, 0.2) is 0 Å². The normalized spacial score (nSPS) is 15.1. The number of nitrogens with zero attached hydrogens (tertiary/aromatic N) is 2. The van der Waals surface area contributed by atoms with E-state index in [0.29, 0.717) is 12.8 Å². The van der Waals surface area contributed by atoms with Crippen LogP contribution >= 0.6 is 0 Å². The number of rotatable bonds is 4. The number of aryl methyl sites for hydroxylation is 1. The van der Waals surface area contributed by atoms with E-state index in [0.717, 1.165) is 5.69 Å². The van der Waals surface area contributed by atoms with Gasteiger partial charge >= 0.3 is 5.97 Å². The Morgan fingerprint density at radius 3 is 2.71 bits per heavy atom. The minimum absolute atomic E-state index is 0.486. The monoisotopic (exact) mass is 196 g/mol. The van der Waals surface area contributed by atoms with Gasteiger partial charge in [-0.15, -0.1) is 0 Å². The maximum absolute atomic E-state index is 11.0. The van der Waals surface area contributed by atoms with Crippen molar-refractivity contribution < 1.29 is 9.90 Å². The van der Waals surface area contributed by atoms with Crippen molar-refractivity contribution in [3.63, 3.8) is 0 Å². The molecule has 14 heavy (non-hydrogen) atoms. The van der Waals surface area contributed by atoms with Crippen LogP contribution in [0.1, 0.15) is 26.0 Å². The molecule has 0 saturated carbocycles. The van der Waals surface area contributed by atoms with Gasteiger partial charge in [0.1, 0.15) is 0 Å². The summed E-state index contributed by atoms with van der Waals surface area (Å²) >= 11 is 0. The molecule has 78 valence electrons. The highest BCUT2D eigenvalue weighted by molar-refractivity contribution is 5.74. The third kappa shape index (κ3) is 2.13. The first-order valence-corrected chi connectivity index (χ1v) is 4.70. The molecule has 1 aromatic rings. The fraction of sp³-hybridized carbons (Fsp3) is 0.600. The lowest BCUT2D eigenvalue weighted by Gasteiger charge is -2.21. The predicted molar refractivity (Wildman–Crippen MR) is 52.9 cm³/mol. The number of aromatic nitrogens is 2. The predicted octanol–water partition coefficient (Wildman–Crippen LogP) is 1.46. The molecule has 0 saturated heterocycles. The van der Waals surface area contributed by atoms with Gasteiger partial charge in [-0.25, -0.2) is 0 Å². The maximum atomic E-state index is 11.0. The largest absolute Gasteiger partial charge is 0.481 e. The molecule has 0 aliphatic rings. The van der Waals surface area contributed by atoms with Crippen LogP contribution in [0.5, 0.6) is 0 Å². The molecule has 0 aliphatic heterocycles. The average molecular weight is 196 g/mol. The van der Waals surface area contributed by atoms with Gasteiger partial charge in [0.25, 0.3) is 0 Å². The van der Waals surface area contributed by atoms with Crippen molar-refractivity contribution >= 4 is 5.97 Å². The lowest BCUT2D eigenvalue weighted by atomic mass is 9.83. The molecule has 0 amide bonds. The van der Waals surface area contributed by atoms with Gasteiger partial charge in [0.2, 0.25) is 0 Å². The number of carbonyl (C=O) groups is 1. The van der Waals surface area contributed by atoms with Crippen molar-refractivity contribution in [1.29, 1.82) is 0 Å². The highest BCUT2D eigenvalue weighted by Crippen LogP contribution is 2.25. The molecule has 1 N–H and O–H groups in total. The number of hydrogen-bond donors (Lipinski definition) is 1. The van der Waals surface area contributed by atoms with E-state index < -0.39 is 11.4 Å². The van der Waals surface area contributed by atoms with Crippen molar-refractivity contribution in [3.05, 3.63) is 18.0 Å². The Balaban J connectivity index is 2.80. The molecule has 4 nitrogen and oxygen atoms in total. The molecule has 0 fully saturated rings. The van der Waals surface area contributed by atoms with E-state index in [4.69, 9.17) is 5.11 Å². The van der Waals surface area contributed by atoms with Crippen LogP contribution in [0.3, 0.4) is 0 Å². The molecule has 1 heterocycles. The fourth-order valence-electron chi connectivity index (χ4n) is 1.31. The summed E-state index contributed by atoms with van der Waals surface area (Å²) in [6, 6.07) is 1.86.